The number of hydrogen-bond donors (Lipinski definition) is 0. The van der Waals surface area contributed by atoms with Crippen LogP contribution < -0.4 is 18.9 Å². The number of carbonyl (C=O) groups is 2. The lowest BCUT2D eigenvalue weighted by molar-refractivity contribution is 0.0416. The molecule has 8 nitrogen and oxygen atoms in total. The number of fused-ring (bicyclic) bond motifs is 2. The van der Waals surface area contributed by atoms with Crippen LogP contribution in [0.2, 0.25) is 0 Å². The fourth-order valence-electron chi connectivity index (χ4n) is 3.30. The number of ether oxygens (including phenoxy) is 5. The largest absolute Gasteiger partial charge is 0.454 e. The predicted octanol–water partition coefficient (Wildman–Crippen LogP) is 2.86. The van der Waals surface area contributed by atoms with Crippen LogP contribution in [0.15, 0.2) is 42.2 Å². The molecule has 0 spiro atoms. The number of benzene rings is 2. The van der Waals surface area contributed by atoms with E-state index in [2.05, 4.69) is 0 Å². The van der Waals surface area contributed by atoms with Crippen LogP contribution in [-0.4, -0.2) is 49.9 Å². The zero-order valence-corrected chi connectivity index (χ0v) is 15.4. The van der Waals surface area contributed by atoms with Crippen molar-refractivity contribution in [3.8, 4) is 23.0 Å². The highest BCUT2D eigenvalue weighted by Gasteiger charge is 2.29. The van der Waals surface area contributed by atoms with E-state index >= 15 is 0 Å². The van der Waals surface area contributed by atoms with Crippen LogP contribution in [0, 0.1) is 0 Å². The van der Waals surface area contributed by atoms with E-state index in [1.165, 1.54) is 0 Å². The summed E-state index contributed by atoms with van der Waals surface area (Å²) in [5, 5.41) is 0. The number of morpholine rings is 1. The molecule has 5 rings (SSSR count). The summed E-state index contributed by atoms with van der Waals surface area (Å²) in [5.41, 5.74) is 1.17. The Balaban J connectivity index is 1.33. The Morgan fingerprint density at radius 3 is 2.69 bits per heavy atom. The Bertz CT molecular complexity index is 1020. The molecule has 0 aliphatic carbocycles. The monoisotopic (exact) mass is 395 g/mol. The second kappa shape index (κ2) is 7.14. The van der Waals surface area contributed by atoms with Crippen molar-refractivity contribution in [3.63, 3.8) is 0 Å². The van der Waals surface area contributed by atoms with Crippen LogP contribution in [0.4, 0.5) is 4.79 Å². The topological polar surface area (TPSA) is 83.5 Å². The SMILES string of the molecule is O=C1/C(=C\c2ccc3c(c2)OCO3)Oc2cc(OC(=O)N3CCOCC3)ccc21. The van der Waals surface area contributed by atoms with Crippen molar-refractivity contribution >= 4 is 18.0 Å². The summed E-state index contributed by atoms with van der Waals surface area (Å²) in [6, 6.07) is 10.1. The number of Topliss-reactive ketones (excluding diaryl/α,β-unsaturated/α-hetero) is 1. The average Bonchev–Trinajstić information content (AvgIpc) is 3.33. The third kappa shape index (κ3) is 3.38. The minimum Gasteiger partial charge on any atom is -0.454 e. The van der Waals surface area contributed by atoms with Gasteiger partial charge in [-0.2, -0.15) is 0 Å². The summed E-state index contributed by atoms with van der Waals surface area (Å²) in [4.78, 5) is 26.5. The van der Waals surface area contributed by atoms with E-state index in [-0.39, 0.29) is 18.3 Å². The van der Waals surface area contributed by atoms with Crippen molar-refractivity contribution in [2.45, 2.75) is 0 Å². The molecule has 0 atom stereocenters. The molecule has 3 heterocycles. The van der Waals surface area contributed by atoms with Crippen LogP contribution in [0.5, 0.6) is 23.0 Å². The van der Waals surface area contributed by atoms with Gasteiger partial charge in [0.1, 0.15) is 11.5 Å². The van der Waals surface area contributed by atoms with Gasteiger partial charge < -0.3 is 28.6 Å². The Morgan fingerprint density at radius 2 is 1.83 bits per heavy atom. The molecule has 0 saturated carbocycles. The van der Waals surface area contributed by atoms with E-state index in [9.17, 15) is 9.59 Å². The minimum absolute atomic E-state index is 0.183. The predicted molar refractivity (Wildman–Crippen MR) is 100 cm³/mol. The van der Waals surface area contributed by atoms with Crippen molar-refractivity contribution in [3.05, 3.63) is 53.3 Å². The zero-order chi connectivity index (χ0) is 19.8. The van der Waals surface area contributed by atoms with Gasteiger partial charge in [0.25, 0.3) is 0 Å². The molecule has 2 aromatic carbocycles. The molecule has 0 aromatic heterocycles. The molecule has 3 aliphatic rings. The quantitative estimate of drug-likeness (QED) is 0.723. The number of carbonyl (C=O) groups excluding carboxylic acids is 2. The third-order valence-corrected chi connectivity index (χ3v) is 4.81. The maximum Gasteiger partial charge on any atom is 0.415 e. The van der Waals surface area contributed by atoms with Crippen LogP contribution >= 0.6 is 0 Å². The molecule has 148 valence electrons. The van der Waals surface area contributed by atoms with Gasteiger partial charge in [0.15, 0.2) is 17.3 Å². The highest BCUT2D eigenvalue weighted by atomic mass is 16.7. The van der Waals surface area contributed by atoms with Gasteiger partial charge in [-0.3, -0.25) is 4.79 Å². The summed E-state index contributed by atoms with van der Waals surface area (Å²) < 4.78 is 27.0. The molecule has 1 amide bonds. The summed E-state index contributed by atoms with van der Waals surface area (Å²) in [6.45, 7) is 2.14. The second-order valence-electron chi connectivity index (χ2n) is 6.68. The first-order chi connectivity index (χ1) is 14.2. The van der Waals surface area contributed by atoms with Crippen molar-refractivity contribution in [2.24, 2.45) is 0 Å². The number of allylic oxidation sites excluding steroid dienone is 1. The standard InChI is InChI=1S/C21H17NO7/c23-20-15-3-2-14(28-21(24)22-5-7-25-8-6-22)11-17(15)29-19(20)10-13-1-4-16-18(9-13)27-12-26-16/h1-4,9-11H,5-8,12H2/b19-10+. The molecule has 0 N–H and O–H groups in total. The van der Waals surface area contributed by atoms with E-state index in [0.717, 1.165) is 5.56 Å². The van der Waals surface area contributed by atoms with E-state index in [4.69, 9.17) is 23.7 Å². The zero-order valence-electron chi connectivity index (χ0n) is 15.4. The lowest BCUT2D eigenvalue weighted by Gasteiger charge is -2.25. The first-order valence-electron chi connectivity index (χ1n) is 9.20. The van der Waals surface area contributed by atoms with Crippen molar-refractivity contribution in [2.75, 3.05) is 33.1 Å². The van der Waals surface area contributed by atoms with Crippen molar-refractivity contribution in [1.29, 1.82) is 0 Å². The molecule has 3 aliphatic heterocycles. The number of rotatable bonds is 2. The van der Waals surface area contributed by atoms with Gasteiger partial charge in [-0.05, 0) is 35.9 Å². The van der Waals surface area contributed by atoms with Gasteiger partial charge in [-0.25, -0.2) is 4.79 Å². The molecule has 29 heavy (non-hydrogen) atoms. The van der Waals surface area contributed by atoms with Crippen molar-refractivity contribution < 1.29 is 33.3 Å². The smallest absolute Gasteiger partial charge is 0.415 e. The average molecular weight is 395 g/mol. The number of hydrogen-bond acceptors (Lipinski definition) is 7. The molecule has 0 bridgehead atoms. The lowest BCUT2D eigenvalue weighted by Crippen LogP contribution is -2.42. The van der Waals surface area contributed by atoms with E-state index in [1.807, 2.05) is 6.07 Å². The summed E-state index contributed by atoms with van der Waals surface area (Å²) in [7, 11) is 0. The first-order valence-corrected chi connectivity index (χ1v) is 9.20. The highest BCUT2D eigenvalue weighted by molar-refractivity contribution is 6.14. The lowest BCUT2D eigenvalue weighted by atomic mass is 10.1. The van der Waals surface area contributed by atoms with E-state index < -0.39 is 6.09 Å². The Labute approximate surface area is 166 Å². The second-order valence-corrected chi connectivity index (χ2v) is 6.68. The Hall–Kier alpha value is -3.52. The van der Waals surface area contributed by atoms with Gasteiger partial charge in [-0.1, -0.05) is 6.07 Å². The first kappa shape index (κ1) is 17.6. The van der Waals surface area contributed by atoms with Gasteiger partial charge in [0.2, 0.25) is 12.6 Å². The van der Waals surface area contributed by atoms with Gasteiger partial charge in [0.05, 0.1) is 18.8 Å². The molecule has 2 aromatic rings. The van der Waals surface area contributed by atoms with Crippen LogP contribution in [-0.2, 0) is 4.74 Å². The molecular formula is C21H17NO7. The fraction of sp³-hybridized carbons (Fsp3) is 0.238. The van der Waals surface area contributed by atoms with Crippen molar-refractivity contribution in [1.82, 2.24) is 4.90 Å². The van der Waals surface area contributed by atoms with Gasteiger partial charge in [-0.15, -0.1) is 0 Å². The normalized spacial score (nSPS) is 18.6. The number of ketones is 1. The van der Waals surface area contributed by atoms with E-state index in [1.54, 1.807) is 41.3 Å². The summed E-state index contributed by atoms with van der Waals surface area (Å²) >= 11 is 0. The molecule has 1 fully saturated rings. The molecule has 8 heteroatoms. The summed E-state index contributed by atoms with van der Waals surface area (Å²) in [6.07, 6.45) is 1.19. The fourth-order valence-corrected chi connectivity index (χ4v) is 3.30. The molecule has 0 unspecified atom stereocenters. The Kier molecular flexibility index (Phi) is 4.33. The minimum atomic E-state index is -0.450. The maximum absolute atomic E-state index is 12.6. The van der Waals surface area contributed by atoms with Crippen LogP contribution in [0.3, 0.4) is 0 Å². The van der Waals surface area contributed by atoms with Gasteiger partial charge >= 0.3 is 6.09 Å². The Morgan fingerprint density at radius 1 is 1.00 bits per heavy atom. The van der Waals surface area contributed by atoms with E-state index in [0.29, 0.717) is 54.9 Å². The van der Waals surface area contributed by atoms with Crippen LogP contribution in [0.1, 0.15) is 15.9 Å². The molecule has 1 saturated heterocycles. The van der Waals surface area contributed by atoms with Crippen LogP contribution in [0.25, 0.3) is 6.08 Å². The molecule has 0 radical (unpaired) electrons. The summed E-state index contributed by atoms with van der Waals surface area (Å²) in [5.74, 6) is 1.92. The highest BCUT2D eigenvalue weighted by Crippen LogP contribution is 2.37. The molecular weight excluding hydrogens is 378 g/mol. The number of amides is 1. The maximum atomic E-state index is 12.6. The number of nitrogens with zero attached hydrogens (tertiary/aromatic N) is 1. The van der Waals surface area contributed by atoms with Gasteiger partial charge in [0, 0.05) is 19.2 Å². The third-order valence-electron chi connectivity index (χ3n) is 4.81.